The van der Waals surface area contributed by atoms with E-state index in [-0.39, 0.29) is 18.6 Å². The minimum Gasteiger partial charge on any atom is -0.484 e. The highest BCUT2D eigenvalue weighted by atomic mass is 79.9. The van der Waals surface area contributed by atoms with E-state index in [1.165, 1.54) is 0 Å². The molecule has 1 N–H and O–H groups in total. The van der Waals surface area contributed by atoms with Crippen LogP contribution in [0.15, 0.2) is 22.7 Å². The third-order valence-corrected chi connectivity index (χ3v) is 4.15. The van der Waals surface area contributed by atoms with Gasteiger partial charge in [-0.15, -0.1) is 0 Å². The Labute approximate surface area is 130 Å². The normalized spacial score (nSPS) is 11.2. The molecule has 0 saturated heterocycles. The molecule has 1 aromatic rings. The molecule has 0 spiro atoms. The summed E-state index contributed by atoms with van der Waals surface area (Å²) in [5.41, 5.74) is 1.09. The lowest BCUT2D eigenvalue weighted by molar-refractivity contribution is -0.124. The third-order valence-electron chi connectivity index (χ3n) is 3.26. The number of halogens is 1. The molecule has 0 aliphatic carbocycles. The van der Waals surface area contributed by atoms with E-state index in [9.17, 15) is 4.79 Å². The Hall–Kier alpha value is -1.03. The molecule has 0 radical (unpaired) electrons. The van der Waals surface area contributed by atoms with Crippen molar-refractivity contribution in [3.8, 4) is 5.75 Å². The Bertz CT molecular complexity index is 450. The Morgan fingerprint density at radius 2 is 1.85 bits per heavy atom. The van der Waals surface area contributed by atoms with Crippen molar-refractivity contribution in [2.24, 2.45) is 11.8 Å². The second-order valence-electron chi connectivity index (χ2n) is 5.78. The molecule has 0 unspecified atom stereocenters. The first kappa shape index (κ1) is 17.0. The van der Waals surface area contributed by atoms with Gasteiger partial charge in [-0.05, 0) is 42.5 Å². The summed E-state index contributed by atoms with van der Waals surface area (Å²) in [6.07, 6.45) is 0. The second kappa shape index (κ2) is 7.67. The third kappa shape index (κ3) is 5.16. The summed E-state index contributed by atoms with van der Waals surface area (Å²) in [7, 11) is 0. The number of benzene rings is 1. The number of hydrogen-bond acceptors (Lipinski definition) is 2. The number of carbonyl (C=O) groups excluding carboxylic acids is 1. The van der Waals surface area contributed by atoms with Gasteiger partial charge in [-0.2, -0.15) is 0 Å². The van der Waals surface area contributed by atoms with E-state index in [0.29, 0.717) is 17.6 Å². The minimum atomic E-state index is -0.0713. The van der Waals surface area contributed by atoms with Crippen molar-refractivity contribution in [1.82, 2.24) is 5.32 Å². The molecule has 0 fully saturated rings. The summed E-state index contributed by atoms with van der Waals surface area (Å²) in [5.74, 6) is 1.47. The van der Waals surface area contributed by atoms with Gasteiger partial charge in [-0.3, -0.25) is 4.79 Å². The second-order valence-corrected chi connectivity index (χ2v) is 6.64. The molecule has 112 valence electrons. The monoisotopic (exact) mass is 341 g/mol. The molecule has 20 heavy (non-hydrogen) atoms. The molecule has 0 aliphatic rings. The lowest BCUT2D eigenvalue weighted by Gasteiger charge is -2.26. The minimum absolute atomic E-state index is 0.0526. The fourth-order valence-corrected chi connectivity index (χ4v) is 2.43. The Kier molecular flexibility index (Phi) is 6.53. The van der Waals surface area contributed by atoms with Crippen molar-refractivity contribution in [1.29, 1.82) is 0 Å². The Morgan fingerprint density at radius 3 is 2.35 bits per heavy atom. The van der Waals surface area contributed by atoms with E-state index in [2.05, 4.69) is 48.9 Å². The lowest BCUT2D eigenvalue weighted by Crippen LogP contribution is -2.44. The van der Waals surface area contributed by atoms with Gasteiger partial charge in [0.05, 0.1) is 0 Å². The molecule has 0 aliphatic heterocycles. The molecule has 0 atom stereocenters. The van der Waals surface area contributed by atoms with E-state index in [1.807, 2.05) is 25.1 Å². The van der Waals surface area contributed by atoms with Gasteiger partial charge in [0.1, 0.15) is 5.75 Å². The molecule has 0 saturated carbocycles. The van der Waals surface area contributed by atoms with E-state index < -0.39 is 0 Å². The molecule has 1 aromatic carbocycles. The van der Waals surface area contributed by atoms with Crippen LogP contribution in [0.25, 0.3) is 0 Å². The highest BCUT2D eigenvalue weighted by molar-refractivity contribution is 9.10. The summed E-state index contributed by atoms with van der Waals surface area (Å²) >= 11 is 3.44. The number of rotatable bonds is 6. The summed E-state index contributed by atoms with van der Waals surface area (Å²) < 4.78 is 6.57. The van der Waals surface area contributed by atoms with Crippen molar-refractivity contribution in [2.75, 3.05) is 6.61 Å². The van der Waals surface area contributed by atoms with Gasteiger partial charge in [0.25, 0.3) is 5.91 Å². The van der Waals surface area contributed by atoms with Crippen molar-refractivity contribution >= 4 is 21.8 Å². The van der Waals surface area contributed by atoms with Crippen LogP contribution in [0, 0.1) is 18.8 Å². The molecule has 1 rings (SSSR count). The van der Waals surface area contributed by atoms with Crippen LogP contribution >= 0.6 is 15.9 Å². The first-order valence-corrected chi connectivity index (χ1v) is 7.79. The maximum Gasteiger partial charge on any atom is 0.258 e. The summed E-state index contributed by atoms with van der Waals surface area (Å²) in [6, 6.07) is 5.87. The predicted octanol–water partition coefficient (Wildman–Crippen LogP) is 3.93. The maximum absolute atomic E-state index is 11.9. The number of aryl methyl sites for hydroxylation is 1. The molecule has 4 heteroatoms. The topological polar surface area (TPSA) is 38.3 Å². The van der Waals surface area contributed by atoms with Crippen molar-refractivity contribution < 1.29 is 9.53 Å². The van der Waals surface area contributed by atoms with Gasteiger partial charge >= 0.3 is 0 Å². The Balaban J connectivity index is 2.52. The number of ether oxygens (including phenoxy) is 1. The van der Waals surface area contributed by atoms with Crippen molar-refractivity contribution in [3.63, 3.8) is 0 Å². The zero-order chi connectivity index (χ0) is 15.3. The standard InChI is InChI=1S/C16H24BrNO2/c1-10(2)16(11(3)4)18-15(19)9-20-13-6-7-14(17)12(5)8-13/h6-8,10-11,16H,9H2,1-5H3,(H,18,19). The van der Waals surface area contributed by atoms with Gasteiger partial charge in [0.15, 0.2) is 6.61 Å². The van der Waals surface area contributed by atoms with E-state index >= 15 is 0 Å². The van der Waals surface area contributed by atoms with Gasteiger partial charge in [0.2, 0.25) is 0 Å². The van der Waals surface area contributed by atoms with Crippen LogP contribution in [0.1, 0.15) is 33.3 Å². The fourth-order valence-electron chi connectivity index (χ4n) is 2.19. The lowest BCUT2D eigenvalue weighted by atomic mass is 9.93. The van der Waals surface area contributed by atoms with Crippen LogP contribution < -0.4 is 10.1 Å². The summed E-state index contributed by atoms with van der Waals surface area (Å²) in [6.45, 7) is 10.5. The highest BCUT2D eigenvalue weighted by Gasteiger charge is 2.19. The summed E-state index contributed by atoms with van der Waals surface area (Å²) in [4.78, 5) is 11.9. The van der Waals surface area contributed by atoms with Crippen LogP contribution in [-0.4, -0.2) is 18.6 Å². The molecule has 0 heterocycles. The quantitative estimate of drug-likeness (QED) is 0.851. The smallest absolute Gasteiger partial charge is 0.258 e. The molecular formula is C16H24BrNO2. The average molecular weight is 342 g/mol. The largest absolute Gasteiger partial charge is 0.484 e. The highest BCUT2D eigenvalue weighted by Crippen LogP contribution is 2.21. The molecular weight excluding hydrogens is 318 g/mol. The van der Waals surface area contributed by atoms with Gasteiger partial charge in [0, 0.05) is 10.5 Å². The van der Waals surface area contributed by atoms with Crippen LogP contribution in [0.5, 0.6) is 5.75 Å². The summed E-state index contributed by atoms with van der Waals surface area (Å²) in [5, 5.41) is 3.04. The molecule has 0 bridgehead atoms. The van der Waals surface area contributed by atoms with Crippen molar-refractivity contribution in [2.45, 2.75) is 40.7 Å². The fraction of sp³-hybridized carbons (Fsp3) is 0.562. The van der Waals surface area contributed by atoms with Crippen LogP contribution in [0.2, 0.25) is 0 Å². The SMILES string of the molecule is Cc1cc(OCC(=O)NC(C(C)C)C(C)C)ccc1Br. The number of hydrogen-bond donors (Lipinski definition) is 1. The first-order chi connectivity index (χ1) is 9.31. The molecule has 3 nitrogen and oxygen atoms in total. The predicted molar refractivity (Wildman–Crippen MR) is 86.0 cm³/mol. The number of carbonyl (C=O) groups is 1. The zero-order valence-electron chi connectivity index (χ0n) is 12.9. The van der Waals surface area contributed by atoms with Gasteiger partial charge < -0.3 is 10.1 Å². The molecule has 1 amide bonds. The van der Waals surface area contributed by atoms with Crippen LogP contribution in [0.4, 0.5) is 0 Å². The van der Waals surface area contributed by atoms with Crippen LogP contribution in [-0.2, 0) is 4.79 Å². The Morgan fingerprint density at radius 1 is 1.25 bits per heavy atom. The number of amides is 1. The number of nitrogens with one attached hydrogen (secondary N) is 1. The van der Waals surface area contributed by atoms with Crippen molar-refractivity contribution in [3.05, 3.63) is 28.2 Å². The van der Waals surface area contributed by atoms with E-state index in [0.717, 1.165) is 10.0 Å². The zero-order valence-corrected chi connectivity index (χ0v) is 14.5. The van der Waals surface area contributed by atoms with E-state index in [4.69, 9.17) is 4.74 Å². The van der Waals surface area contributed by atoms with Crippen LogP contribution in [0.3, 0.4) is 0 Å². The average Bonchev–Trinajstić information content (AvgIpc) is 2.36. The first-order valence-electron chi connectivity index (χ1n) is 6.99. The van der Waals surface area contributed by atoms with Gasteiger partial charge in [-0.25, -0.2) is 0 Å². The maximum atomic E-state index is 11.9. The molecule has 0 aromatic heterocycles. The van der Waals surface area contributed by atoms with Gasteiger partial charge in [-0.1, -0.05) is 43.6 Å². The van der Waals surface area contributed by atoms with E-state index in [1.54, 1.807) is 0 Å².